The molecular weight excluding hydrogens is 415 g/mol. The molecule has 2 aliphatic rings. The average molecular weight is 440 g/mol. The molecule has 31 heavy (non-hydrogen) atoms. The molecule has 0 bridgehead atoms. The fourth-order valence-corrected chi connectivity index (χ4v) is 4.71. The lowest BCUT2D eigenvalue weighted by molar-refractivity contribution is -0.137. The number of phenolic OH excluding ortho intramolecular Hbond substituents is 1. The van der Waals surface area contributed by atoms with Crippen LogP contribution in [0.15, 0.2) is 48.5 Å². The number of alkyl halides is 5. The first-order valence-electron chi connectivity index (χ1n) is 10.4. The number of piperidine rings is 1. The van der Waals surface area contributed by atoms with Crippen molar-refractivity contribution < 1.29 is 27.1 Å². The highest BCUT2D eigenvalue weighted by Crippen LogP contribution is 2.41. The predicted molar refractivity (Wildman–Crippen MR) is 107 cm³/mol. The molecule has 8 heteroatoms. The molecule has 2 aliphatic heterocycles. The number of aromatic hydroxyl groups is 1. The van der Waals surface area contributed by atoms with Crippen LogP contribution in [0, 0.1) is 0 Å². The van der Waals surface area contributed by atoms with Crippen LogP contribution in [-0.2, 0) is 12.7 Å². The summed E-state index contributed by atoms with van der Waals surface area (Å²) >= 11 is 0. The fourth-order valence-electron chi connectivity index (χ4n) is 4.71. The predicted octanol–water partition coefficient (Wildman–Crippen LogP) is 5.11. The number of phenols is 1. The number of hydrogen-bond acceptors (Lipinski definition) is 3. The van der Waals surface area contributed by atoms with E-state index in [9.17, 15) is 27.1 Å². The molecule has 1 unspecified atom stereocenters. The smallest absolute Gasteiger partial charge is 0.416 e. The van der Waals surface area contributed by atoms with Crippen LogP contribution in [0.1, 0.15) is 35.4 Å². The largest absolute Gasteiger partial charge is 0.508 e. The number of nitrogens with zero attached hydrogens (tertiary/aromatic N) is 2. The van der Waals surface area contributed by atoms with Gasteiger partial charge in [0.2, 0.25) is 0 Å². The SMILES string of the molecule is Oc1ccc(C2CCN([C@H]3CCN(Cc4ccc(C(F)(F)F)cc4)C3)CC2(F)F)cc1. The summed E-state index contributed by atoms with van der Waals surface area (Å²) in [5.41, 5.74) is 0.650. The highest BCUT2D eigenvalue weighted by Gasteiger charge is 2.47. The maximum atomic E-state index is 14.9. The quantitative estimate of drug-likeness (QED) is 0.670. The Balaban J connectivity index is 1.34. The van der Waals surface area contributed by atoms with Gasteiger partial charge in [-0.3, -0.25) is 9.80 Å². The summed E-state index contributed by atoms with van der Waals surface area (Å²) in [5.74, 6) is -3.67. The Hall–Kier alpha value is -2.19. The first-order valence-corrected chi connectivity index (χ1v) is 10.4. The van der Waals surface area contributed by atoms with E-state index < -0.39 is 23.6 Å². The first kappa shape index (κ1) is 22.0. The summed E-state index contributed by atoms with van der Waals surface area (Å²) in [4.78, 5) is 3.96. The van der Waals surface area contributed by atoms with Crippen LogP contribution in [0.2, 0.25) is 0 Å². The lowest BCUT2D eigenvalue weighted by Gasteiger charge is -2.41. The molecule has 3 nitrogen and oxygen atoms in total. The van der Waals surface area contributed by atoms with Crippen molar-refractivity contribution in [1.29, 1.82) is 0 Å². The Morgan fingerprint density at radius 3 is 2.23 bits per heavy atom. The van der Waals surface area contributed by atoms with Crippen LogP contribution in [-0.4, -0.2) is 53.0 Å². The molecule has 0 aliphatic carbocycles. The van der Waals surface area contributed by atoms with Crippen molar-refractivity contribution in [3.05, 3.63) is 65.2 Å². The van der Waals surface area contributed by atoms with Crippen molar-refractivity contribution in [3.8, 4) is 5.75 Å². The zero-order valence-electron chi connectivity index (χ0n) is 17.0. The van der Waals surface area contributed by atoms with E-state index in [2.05, 4.69) is 4.90 Å². The van der Waals surface area contributed by atoms with E-state index in [1.165, 1.54) is 24.3 Å². The van der Waals surface area contributed by atoms with Gasteiger partial charge in [0.25, 0.3) is 5.92 Å². The summed E-state index contributed by atoms with van der Waals surface area (Å²) in [5, 5.41) is 9.40. The van der Waals surface area contributed by atoms with Crippen LogP contribution < -0.4 is 0 Å². The molecule has 0 spiro atoms. The van der Waals surface area contributed by atoms with Crippen molar-refractivity contribution in [3.63, 3.8) is 0 Å². The van der Waals surface area contributed by atoms with Crippen LogP contribution in [0.4, 0.5) is 22.0 Å². The Morgan fingerprint density at radius 2 is 1.61 bits per heavy atom. The van der Waals surface area contributed by atoms with Gasteiger partial charge in [0.15, 0.2) is 0 Å². The van der Waals surface area contributed by atoms with Crippen LogP contribution in [0.5, 0.6) is 5.75 Å². The molecule has 0 saturated carbocycles. The minimum Gasteiger partial charge on any atom is -0.508 e. The summed E-state index contributed by atoms with van der Waals surface area (Å²) in [7, 11) is 0. The minimum atomic E-state index is -4.35. The molecule has 1 N–H and O–H groups in total. The molecule has 0 aromatic heterocycles. The van der Waals surface area contributed by atoms with E-state index >= 15 is 0 Å². The highest BCUT2D eigenvalue weighted by molar-refractivity contribution is 5.30. The topological polar surface area (TPSA) is 26.7 Å². The van der Waals surface area contributed by atoms with Crippen molar-refractivity contribution in [1.82, 2.24) is 9.80 Å². The molecule has 2 fully saturated rings. The maximum absolute atomic E-state index is 14.9. The van der Waals surface area contributed by atoms with E-state index in [4.69, 9.17) is 0 Å². The molecule has 2 aromatic rings. The van der Waals surface area contributed by atoms with E-state index in [0.29, 0.717) is 31.6 Å². The second-order valence-electron chi connectivity index (χ2n) is 8.54. The second kappa shape index (κ2) is 8.39. The number of benzene rings is 2. The van der Waals surface area contributed by atoms with Crippen molar-refractivity contribution in [2.75, 3.05) is 26.2 Å². The third-order valence-corrected chi connectivity index (χ3v) is 6.38. The molecular formula is C23H25F5N2O. The van der Waals surface area contributed by atoms with Gasteiger partial charge in [-0.2, -0.15) is 13.2 Å². The summed E-state index contributed by atoms with van der Waals surface area (Å²) < 4.78 is 68.0. The fraction of sp³-hybridized carbons (Fsp3) is 0.478. The van der Waals surface area contributed by atoms with Crippen molar-refractivity contribution in [2.24, 2.45) is 0 Å². The number of rotatable bonds is 4. The monoisotopic (exact) mass is 440 g/mol. The van der Waals surface area contributed by atoms with E-state index in [0.717, 1.165) is 30.7 Å². The van der Waals surface area contributed by atoms with Gasteiger partial charge in [-0.15, -0.1) is 0 Å². The highest BCUT2D eigenvalue weighted by atomic mass is 19.4. The summed E-state index contributed by atoms with van der Waals surface area (Å²) in [6.45, 7) is 2.13. The van der Waals surface area contributed by atoms with Crippen molar-refractivity contribution >= 4 is 0 Å². The number of hydrogen-bond donors (Lipinski definition) is 1. The molecule has 2 aromatic carbocycles. The van der Waals surface area contributed by atoms with Crippen LogP contribution >= 0.6 is 0 Å². The first-order chi connectivity index (χ1) is 14.6. The maximum Gasteiger partial charge on any atom is 0.416 e. The molecule has 0 radical (unpaired) electrons. The Labute approximate surface area is 178 Å². The van der Waals surface area contributed by atoms with Gasteiger partial charge in [0, 0.05) is 25.7 Å². The van der Waals surface area contributed by atoms with Gasteiger partial charge in [-0.25, -0.2) is 8.78 Å². The molecule has 0 amide bonds. The Morgan fingerprint density at radius 1 is 0.935 bits per heavy atom. The van der Waals surface area contributed by atoms with Gasteiger partial charge < -0.3 is 5.11 Å². The summed E-state index contributed by atoms with van der Waals surface area (Å²) in [6, 6.07) is 11.1. The molecule has 168 valence electrons. The minimum absolute atomic E-state index is 0.0149. The Kier molecular flexibility index (Phi) is 5.96. The van der Waals surface area contributed by atoms with E-state index in [1.807, 2.05) is 4.90 Å². The molecule has 2 atom stereocenters. The lowest BCUT2D eigenvalue weighted by atomic mass is 9.85. The standard InChI is InChI=1S/C23H25F5N2O/c24-22(25)15-30(12-10-21(22)17-3-7-20(31)8-4-17)19-9-11-29(14-19)13-16-1-5-18(6-2-16)23(26,27)28/h1-8,19,21,31H,9-15H2/t19-,21?/m0/s1. The van der Waals surface area contributed by atoms with Crippen LogP contribution in [0.25, 0.3) is 0 Å². The normalized spacial score (nSPS) is 25.1. The van der Waals surface area contributed by atoms with Gasteiger partial charge in [-0.05, 0) is 54.8 Å². The zero-order valence-corrected chi connectivity index (χ0v) is 17.0. The average Bonchev–Trinajstić information content (AvgIpc) is 3.16. The molecule has 4 rings (SSSR count). The summed E-state index contributed by atoms with van der Waals surface area (Å²) in [6.07, 6.45) is -3.25. The van der Waals surface area contributed by atoms with Crippen LogP contribution in [0.3, 0.4) is 0 Å². The van der Waals surface area contributed by atoms with E-state index in [1.54, 1.807) is 12.1 Å². The number of halogens is 5. The third kappa shape index (κ3) is 5.01. The number of likely N-dealkylation sites (tertiary alicyclic amines) is 2. The second-order valence-corrected chi connectivity index (χ2v) is 8.54. The van der Waals surface area contributed by atoms with Gasteiger partial charge >= 0.3 is 6.18 Å². The van der Waals surface area contributed by atoms with Gasteiger partial charge in [0.1, 0.15) is 5.75 Å². The third-order valence-electron chi connectivity index (χ3n) is 6.38. The molecule has 2 saturated heterocycles. The Bertz CT molecular complexity index is 882. The zero-order chi connectivity index (χ0) is 22.2. The van der Waals surface area contributed by atoms with Gasteiger partial charge in [0.05, 0.1) is 18.0 Å². The lowest BCUT2D eigenvalue weighted by Crippen LogP contribution is -2.51. The van der Waals surface area contributed by atoms with Gasteiger partial charge in [-0.1, -0.05) is 24.3 Å². The van der Waals surface area contributed by atoms with Crippen molar-refractivity contribution in [2.45, 2.75) is 43.4 Å². The van der Waals surface area contributed by atoms with E-state index in [-0.39, 0.29) is 18.3 Å². The molecule has 2 heterocycles.